The minimum Gasteiger partial charge on any atom is -0.511 e. The van der Waals surface area contributed by atoms with Crippen LogP contribution >= 0.6 is 0 Å². The summed E-state index contributed by atoms with van der Waals surface area (Å²) in [6.45, 7) is 5.81. The summed E-state index contributed by atoms with van der Waals surface area (Å²) in [7, 11) is 0. The highest BCUT2D eigenvalue weighted by atomic mass is 16.5. The monoisotopic (exact) mass is 314 g/mol. The van der Waals surface area contributed by atoms with Gasteiger partial charge >= 0.3 is 0 Å². The van der Waals surface area contributed by atoms with Gasteiger partial charge in [-0.1, -0.05) is 17.7 Å². The lowest BCUT2D eigenvalue weighted by Gasteiger charge is -2.30. The van der Waals surface area contributed by atoms with E-state index >= 15 is 0 Å². The van der Waals surface area contributed by atoms with E-state index in [0.29, 0.717) is 12.0 Å². The lowest BCUT2D eigenvalue weighted by molar-refractivity contribution is -0.125. The molecule has 0 radical (unpaired) electrons. The van der Waals surface area contributed by atoms with Gasteiger partial charge in [0.05, 0.1) is 30.1 Å². The number of ketones is 1. The van der Waals surface area contributed by atoms with Crippen LogP contribution in [-0.4, -0.2) is 34.3 Å². The number of carbonyl (C=O) groups excluding carboxylic acids is 1. The lowest BCUT2D eigenvalue weighted by Crippen LogP contribution is -2.43. The van der Waals surface area contributed by atoms with Gasteiger partial charge in [-0.15, -0.1) is 0 Å². The minimum absolute atomic E-state index is 0.0706. The molecule has 2 heterocycles. The van der Waals surface area contributed by atoms with Crippen LogP contribution < -0.4 is 0 Å². The molecule has 0 aromatic heterocycles. The molecule has 3 aliphatic rings. The standard InChI is InChI=1S/C19H22O4/c1-9-6-10(2)13(11(3)7-9)15-17(21)14-12-4-5-19(8-20,23-12)16(14)18(15)22/h6-7,12,14,16,20-21H,4-5,8H2,1-3H3/t12-,14-,16+,19-/m0/s1. The number of hydrogen-bond acceptors (Lipinski definition) is 4. The number of aliphatic hydroxyl groups is 2. The van der Waals surface area contributed by atoms with E-state index < -0.39 is 11.5 Å². The van der Waals surface area contributed by atoms with Gasteiger partial charge in [-0.3, -0.25) is 4.79 Å². The molecule has 2 bridgehead atoms. The Labute approximate surface area is 135 Å². The fraction of sp³-hybridized carbons (Fsp3) is 0.526. The third-order valence-electron chi connectivity index (χ3n) is 5.86. The first-order valence-electron chi connectivity index (χ1n) is 8.24. The van der Waals surface area contributed by atoms with Crippen LogP contribution in [0.5, 0.6) is 0 Å². The van der Waals surface area contributed by atoms with Gasteiger partial charge in [0.1, 0.15) is 11.4 Å². The molecule has 1 aromatic carbocycles. The number of benzene rings is 1. The number of hydrogen-bond donors (Lipinski definition) is 2. The molecule has 1 aliphatic carbocycles. The first kappa shape index (κ1) is 14.9. The Kier molecular flexibility index (Phi) is 3.03. The van der Waals surface area contributed by atoms with Gasteiger partial charge in [-0.2, -0.15) is 0 Å². The quantitative estimate of drug-likeness (QED) is 0.880. The Morgan fingerprint density at radius 2 is 1.91 bits per heavy atom. The van der Waals surface area contributed by atoms with Gasteiger partial charge in [0.2, 0.25) is 0 Å². The van der Waals surface area contributed by atoms with Crippen LogP contribution in [-0.2, 0) is 9.53 Å². The molecule has 2 fully saturated rings. The minimum atomic E-state index is -0.797. The molecule has 4 heteroatoms. The van der Waals surface area contributed by atoms with Gasteiger partial charge in [-0.05, 0) is 50.3 Å². The summed E-state index contributed by atoms with van der Waals surface area (Å²) in [6.07, 6.45) is 1.32. The van der Waals surface area contributed by atoms with Crippen molar-refractivity contribution in [3.05, 3.63) is 40.1 Å². The molecule has 4 nitrogen and oxygen atoms in total. The molecule has 2 saturated heterocycles. The van der Waals surface area contributed by atoms with Crippen molar-refractivity contribution < 1.29 is 19.7 Å². The summed E-state index contributed by atoms with van der Waals surface area (Å²) >= 11 is 0. The van der Waals surface area contributed by atoms with E-state index in [1.807, 2.05) is 32.9 Å². The summed E-state index contributed by atoms with van der Waals surface area (Å²) in [4.78, 5) is 13.1. The second kappa shape index (κ2) is 4.68. The smallest absolute Gasteiger partial charge is 0.173 e. The zero-order valence-electron chi connectivity index (χ0n) is 13.7. The molecule has 2 aliphatic heterocycles. The van der Waals surface area contributed by atoms with Crippen LogP contribution in [0.4, 0.5) is 0 Å². The van der Waals surface area contributed by atoms with Crippen LogP contribution in [0.2, 0.25) is 0 Å². The number of rotatable bonds is 2. The second-order valence-corrected chi connectivity index (χ2v) is 7.32. The zero-order valence-corrected chi connectivity index (χ0v) is 13.7. The molecular formula is C19H22O4. The normalized spacial score (nSPS) is 35.3. The van der Waals surface area contributed by atoms with Crippen molar-refractivity contribution in [3.8, 4) is 0 Å². The average molecular weight is 314 g/mol. The lowest BCUT2D eigenvalue weighted by atomic mass is 9.72. The number of fused-ring (bicyclic) bond motifs is 5. The molecule has 4 atom stereocenters. The van der Waals surface area contributed by atoms with Gasteiger partial charge in [0, 0.05) is 0 Å². The molecule has 1 aromatic rings. The van der Waals surface area contributed by atoms with Crippen LogP contribution in [0.3, 0.4) is 0 Å². The van der Waals surface area contributed by atoms with E-state index in [9.17, 15) is 15.0 Å². The maximum Gasteiger partial charge on any atom is 0.173 e. The molecule has 2 N–H and O–H groups in total. The zero-order chi connectivity index (χ0) is 16.5. The van der Waals surface area contributed by atoms with Gasteiger partial charge in [0.25, 0.3) is 0 Å². The van der Waals surface area contributed by atoms with Crippen LogP contribution in [0.15, 0.2) is 17.9 Å². The number of aliphatic hydroxyl groups excluding tert-OH is 2. The summed E-state index contributed by atoms with van der Waals surface area (Å²) in [5.74, 6) is -0.645. The number of Topliss-reactive ketones (excluding diaryl/α,β-unsaturated/α-hetero) is 1. The largest absolute Gasteiger partial charge is 0.511 e. The predicted octanol–water partition coefficient (Wildman–Crippen LogP) is 2.62. The highest BCUT2D eigenvalue weighted by Gasteiger charge is 2.66. The Balaban J connectivity index is 1.88. The van der Waals surface area contributed by atoms with Gasteiger partial charge in [-0.25, -0.2) is 0 Å². The summed E-state index contributed by atoms with van der Waals surface area (Å²) in [5, 5.41) is 20.6. The molecule has 0 spiro atoms. The Morgan fingerprint density at radius 1 is 1.26 bits per heavy atom. The van der Waals surface area contributed by atoms with E-state index in [4.69, 9.17) is 4.74 Å². The van der Waals surface area contributed by atoms with Crippen LogP contribution in [0.25, 0.3) is 5.57 Å². The third kappa shape index (κ3) is 1.76. The van der Waals surface area contributed by atoms with E-state index in [0.717, 1.165) is 28.7 Å². The van der Waals surface area contributed by atoms with E-state index in [1.54, 1.807) is 0 Å². The van der Waals surface area contributed by atoms with E-state index in [-0.39, 0.29) is 30.2 Å². The van der Waals surface area contributed by atoms with Crippen molar-refractivity contribution >= 4 is 11.4 Å². The molecule has 4 rings (SSSR count). The maximum atomic E-state index is 13.1. The summed E-state index contributed by atoms with van der Waals surface area (Å²) in [5.41, 5.74) is 3.65. The van der Waals surface area contributed by atoms with Crippen molar-refractivity contribution in [3.63, 3.8) is 0 Å². The van der Waals surface area contributed by atoms with E-state index in [1.165, 1.54) is 0 Å². The molecular weight excluding hydrogens is 292 g/mol. The molecule has 122 valence electrons. The van der Waals surface area contributed by atoms with Crippen LogP contribution in [0, 0.1) is 32.6 Å². The molecule has 0 unspecified atom stereocenters. The Hall–Kier alpha value is -1.65. The Bertz CT molecular complexity index is 725. The SMILES string of the molecule is Cc1cc(C)c(C2=C(O)[C@H]3[C@@H]4CC[C@@](CO)(O4)[C@H]3C2=O)c(C)c1. The number of ether oxygens (including phenoxy) is 1. The predicted molar refractivity (Wildman–Crippen MR) is 86.1 cm³/mol. The topological polar surface area (TPSA) is 66.8 Å². The fourth-order valence-electron chi connectivity index (χ4n) is 5.05. The molecule has 0 saturated carbocycles. The molecule has 23 heavy (non-hydrogen) atoms. The van der Waals surface area contributed by atoms with Gasteiger partial charge in [0.15, 0.2) is 5.78 Å². The highest BCUT2D eigenvalue weighted by molar-refractivity contribution is 6.26. The first-order chi connectivity index (χ1) is 10.9. The average Bonchev–Trinajstić information content (AvgIpc) is 3.12. The number of allylic oxidation sites excluding steroid dienone is 1. The first-order valence-corrected chi connectivity index (χ1v) is 8.24. The summed E-state index contributed by atoms with van der Waals surface area (Å²) in [6, 6.07) is 4.08. The number of aryl methyl sites for hydroxylation is 3. The van der Waals surface area contributed by atoms with Crippen molar-refractivity contribution in [1.82, 2.24) is 0 Å². The van der Waals surface area contributed by atoms with E-state index in [2.05, 4.69) is 0 Å². The van der Waals surface area contributed by atoms with Gasteiger partial charge < -0.3 is 14.9 Å². The van der Waals surface area contributed by atoms with Crippen molar-refractivity contribution in [2.24, 2.45) is 11.8 Å². The highest BCUT2D eigenvalue weighted by Crippen LogP contribution is 2.59. The number of carbonyl (C=O) groups is 1. The van der Waals surface area contributed by atoms with Crippen molar-refractivity contribution in [2.45, 2.75) is 45.3 Å². The second-order valence-electron chi connectivity index (χ2n) is 7.32. The van der Waals surface area contributed by atoms with Crippen molar-refractivity contribution in [1.29, 1.82) is 0 Å². The maximum absolute atomic E-state index is 13.1. The van der Waals surface area contributed by atoms with Crippen molar-refractivity contribution in [2.75, 3.05) is 6.61 Å². The Morgan fingerprint density at radius 3 is 2.52 bits per heavy atom. The van der Waals surface area contributed by atoms with Crippen LogP contribution in [0.1, 0.15) is 35.1 Å². The third-order valence-corrected chi connectivity index (χ3v) is 5.86. The fourth-order valence-corrected chi connectivity index (χ4v) is 5.05. The molecule has 0 amide bonds. The summed E-state index contributed by atoms with van der Waals surface area (Å²) < 4.78 is 5.92.